The van der Waals surface area contributed by atoms with Crippen molar-refractivity contribution in [2.75, 3.05) is 0 Å². The maximum absolute atomic E-state index is 5.82. The maximum atomic E-state index is 5.82. The van der Waals surface area contributed by atoms with E-state index in [1.165, 1.54) is 21.9 Å². The first kappa shape index (κ1) is 21.3. The van der Waals surface area contributed by atoms with E-state index in [4.69, 9.17) is 4.42 Å². The third kappa shape index (κ3) is 4.02. The predicted octanol–water partition coefficient (Wildman–Crippen LogP) is 7.60. The molecule has 0 amide bonds. The van der Waals surface area contributed by atoms with E-state index >= 15 is 0 Å². The molecular weight excluding hydrogens is 406 g/mol. The van der Waals surface area contributed by atoms with Gasteiger partial charge in [0.05, 0.1) is 23.8 Å². The molecule has 4 heteroatoms. The highest BCUT2D eigenvalue weighted by atomic mass is 16.3. The van der Waals surface area contributed by atoms with Gasteiger partial charge in [-0.05, 0) is 57.9 Å². The second kappa shape index (κ2) is 8.11. The van der Waals surface area contributed by atoms with E-state index in [9.17, 15) is 0 Å². The van der Waals surface area contributed by atoms with Crippen molar-refractivity contribution in [2.45, 2.75) is 46.5 Å². The third-order valence-corrected chi connectivity index (χ3v) is 6.10. The van der Waals surface area contributed by atoms with Gasteiger partial charge < -0.3 is 4.42 Å². The van der Waals surface area contributed by atoms with Crippen molar-refractivity contribution < 1.29 is 4.42 Å². The van der Waals surface area contributed by atoms with Gasteiger partial charge in [-0.3, -0.25) is 4.98 Å². The molecule has 0 saturated carbocycles. The van der Waals surface area contributed by atoms with E-state index < -0.39 is 0 Å². The molecule has 0 fully saturated rings. The summed E-state index contributed by atoms with van der Waals surface area (Å²) in [5.41, 5.74) is 7.16. The van der Waals surface area contributed by atoms with Crippen LogP contribution in [0.4, 0.5) is 0 Å². The second-order valence-electron chi connectivity index (χ2n) is 10.2. The number of nitrogens with zero attached hydrogens (tertiary/aromatic N) is 3. The number of pyridine rings is 1. The van der Waals surface area contributed by atoms with Crippen LogP contribution in [0.1, 0.15) is 45.7 Å². The Morgan fingerprint density at radius 2 is 1.73 bits per heavy atom. The van der Waals surface area contributed by atoms with Crippen molar-refractivity contribution in [2.24, 2.45) is 5.92 Å². The van der Waals surface area contributed by atoms with E-state index in [2.05, 4.69) is 92.0 Å². The van der Waals surface area contributed by atoms with Crippen LogP contribution in [0.5, 0.6) is 0 Å². The average molecular weight is 436 g/mol. The molecule has 0 aliphatic heterocycles. The minimum atomic E-state index is 0.0174. The van der Waals surface area contributed by atoms with E-state index in [1.807, 2.05) is 12.5 Å². The second-order valence-corrected chi connectivity index (χ2v) is 10.2. The van der Waals surface area contributed by atoms with Gasteiger partial charge in [0.2, 0.25) is 0 Å². The Bertz CT molecular complexity index is 1460. The molecule has 5 rings (SSSR count). The molecule has 166 valence electrons. The largest absolute Gasteiger partial charge is 0.462 e. The highest BCUT2D eigenvalue weighted by molar-refractivity contribution is 5.96. The van der Waals surface area contributed by atoms with Gasteiger partial charge in [0.15, 0.2) is 5.58 Å². The molecule has 0 N–H and O–H groups in total. The van der Waals surface area contributed by atoms with Crippen LogP contribution in [0.15, 0.2) is 71.9 Å². The zero-order valence-corrected chi connectivity index (χ0v) is 19.9. The number of hydrogen-bond donors (Lipinski definition) is 0. The fourth-order valence-electron chi connectivity index (χ4n) is 4.58. The van der Waals surface area contributed by atoms with Crippen LogP contribution in [0.3, 0.4) is 0 Å². The van der Waals surface area contributed by atoms with Gasteiger partial charge in [0.25, 0.3) is 0 Å². The van der Waals surface area contributed by atoms with Crippen molar-refractivity contribution in [1.82, 2.24) is 15.0 Å². The molecule has 5 aromatic rings. The summed E-state index contributed by atoms with van der Waals surface area (Å²) in [6, 6.07) is 15.1. The Morgan fingerprint density at radius 1 is 0.939 bits per heavy atom. The monoisotopic (exact) mass is 435 g/mol. The summed E-state index contributed by atoms with van der Waals surface area (Å²) < 4.78 is 5.82. The lowest BCUT2D eigenvalue weighted by Gasteiger charge is -2.22. The SMILES string of the molecule is CC(C)Cc1coc2cncc(-c3cc(-c4cc(C(C)(C)C)c5ccccc5c4)ncn3)c12. The topological polar surface area (TPSA) is 51.8 Å². The zero-order chi connectivity index (χ0) is 23.2. The molecule has 0 bridgehead atoms. The Morgan fingerprint density at radius 3 is 2.52 bits per heavy atom. The lowest BCUT2D eigenvalue weighted by Crippen LogP contribution is -2.12. The van der Waals surface area contributed by atoms with Crippen LogP contribution in [-0.2, 0) is 11.8 Å². The summed E-state index contributed by atoms with van der Waals surface area (Å²) in [6.45, 7) is 11.2. The first-order valence-corrected chi connectivity index (χ1v) is 11.5. The third-order valence-electron chi connectivity index (χ3n) is 6.10. The van der Waals surface area contributed by atoms with Crippen molar-refractivity contribution >= 4 is 21.7 Å². The van der Waals surface area contributed by atoms with Crippen molar-refractivity contribution in [3.63, 3.8) is 0 Å². The molecule has 0 radical (unpaired) electrons. The van der Waals surface area contributed by atoms with Crippen LogP contribution >= 0.6 is 0 Å². The maximum Gasteiger partial charge on any atom is 0.153 e. The first-order valence-electron chi connectivity index (χ1n) is 11.5. The van der Waals surface area contributed by atoms with E-state index in [1.54, 1.807) is 12.5 Å². The van der Waals surface area contributed by atoms with Gasteiger partial charge in [-0.25, -0.2) is 9.97 Å². The molecule has 0 spiro atoms. The lowest BCUT2D eigenvalue weighted by molar-refractivity contribution is 0.593. The fourth-order valence-corrected chi connectivity index (χ4v) is 4.58. The minimum absolute atomic E-state index is 0.0174. The van der Waals surface area contributed by atoms with Gasteiger partial charge in [-0.1, -0.05) is 58.9 Å². The summed E-state index contributed by atoms with van der Waals surface area (Å²) in [7, 11) is 0. The van der Waals surface area contributed by atoms with Crippen LogP contribution in [0, 0.1) is 5.92 Å². The van der Waals surface area contributed by atoms with Gasteiger partial charge in [0, 0.05) is 22.7 Å². The molecule has 3 heterocycles. The number of furan rings is 1. The summed E-state index contributed by atoms with van der Waals surface area (Å²) in [5, 5.41) is 3.60. The average Bonchev–Trinajstić information content (AvgIpc) is 3.20. The molecule has 2 aromatic carbocycles. The molecule has 33 heavy (non-hydrogen) atoms. The normalized spacial score (nSPS) is 12.2. The van der Waals surface area contributed by atoms with Crippen LogP contribution in [0.25, 0.3) is 44.3 Å². The number of fused-ring (bicyclic) bond motifs is 2. The zero-order valence-electron chi connectivity index (χ0n) is 19.9. The standard InChI is InChI=1S/C29H29N3O/c1-18(2)10-21-16-33-27-15-30-14-23(28(21)27)26-13-25(31-17-32-26)20-11-19-8-6-7-9-22(19)24(12-20)29(3,4)5/h6-9,11-18H,10H2,1-5H3. The van der Waals surface area contributed by atoms with Crippen LogP contribution in [-0.4, -0.2) is 15.0 Å². The van der Waals surface area contributed by atoms with Crippen molar-refractivity contribution in [1.29, 1.82) is 0 Å². The Labute approximate surface area is 194 Å². The van der Waals surface area contributed by atoms with Gasteiger partial charge in [-0.15, -0.1) is 0 Å². The van der Waals surface area contributed by atoms with Gasteiger partial charge >= 0.3 is 0 Å². The molecule has 0 unspecified atom stereocenters. The first-order chi connectivity index (χ1) is 15.8. The van der Waals surface area contributed by atoms with Crippen LogP contribution in [0.2, 0.25) is 0 Å². The van der Waals surface area contributed by atoms with E-state index in [0.29, 0.717) is 5.92 Å². The summed E-state index contributed by atoms with van der Waals surface area (Å²) >= 11 is 0. The number of hydrogen-bond acceptors (Lipinski definition) is 4. The number of benzene rings is 2. The highest BCUT2D eigenvalue weighted by Gasteiger charge is 2.20. The number of rotatable bonds is 4. The molecule has 0 atom stereocenters. The van der Waals surface area contributed by atoms with E-state index in [0.717, 1.165) is 39.9 Å². The molecule has 0 saturated heterocycles. The highest BCUT2D eigenvalue weighted by Crippen LogP contribution is 2.36. The van der Waals surface area contributed by atoms with Crippen LogP contribution < -0.4 is 0 Å². The predicted molar refractivity (Wildman–Crippen MR) is 135 cm³/mol. The minimum Gasteiger partial charge on any atom is -0.462 e. The molecular formula is C29H29N3O. The van der Waals surface area contributed by atoms with Crippen molar-refractivity contribution in [3.05, 3.63) is 78.6 Å². The molecule has 0 aliphatic carbocycles. The van der Waals surface area contributed by atoms with Crippen molar-refractivity contribution in [3.8, 4) is 22.5 Å². The molecule has 3 aromatic heterocycles. The van der Waals surface area contributed by atoms with Gasteiger partial charge in [0.1, 0.15) is 6.33 Å². The Hall–Kier alpha value is -3.53. The molecule has 4 nitrogen and oxygen atoms in total. The quantitative estimate of drug-likeness (QED) is 0.292. The fraction of sp³-hybridized carbons (Fsp3) is 0.276. The summed E-state index contributed by atoms with van der Waals surface area (Å²) in [6.07, 6.45) is 8.12. The van der Waals surface area contributed by atoms with E-state index in [-0.39, 0.29) is 5.41 Å². The summed E-state index contributed by atoms with van der Waals surface area (Å²) in [5.74, 6) is 0.529. The Kier molecular flexibility index (Phi) is 5.24. The van der Waals surface area contributed by atoms with Gasteiger partial charge in [-0.2, -0.15) is 0 Å². The number of aromatic nitrogens is 3. The smallest absolute Gasteiger partial charge is 0.153 e. The lowest BCUT2D eigenvalue weighted by atomic mass is 9.82. The molecule has 0 aliphatic rings. The Balaban J connectivity index is 1.68. The summed E-state index contributed by atoms with van der Waals surface area (Å²) in [4.78, 5) is 13.7.